The Morgan fingerprint density at radius 3 is 2.69 bits per heavy atom. The van der Waals surface area contributed by atoms with Crippen molar-refractivity contribution in [2.24, 2.45) is 5.92 Å². The lowest BCUT2D eigenvalue weighted by Gasteiger charge is -2.16. The predicted molar refractivity (Wildman–Crippen MR) is 59.5 cm³/mol. The quantitative estimate of drug-likeness (QED) is 0.810. The first-order valence-electron chi connectivity index (χ1n) is 5.32. The van der Waals surface area contributed by atoms with Crippen LogP contribution in [-0.2, 0) is 4.79 Å². The molecule has 4 nitrogen and oxygen atoms in total. The average Bonchev–Trinajstić information content (AvgIpc) is 2.78. The first-order chi connectivity index (χ1) is 7.72. The Kier molecular flexibility index (Phi) is 3.10. The Balaban J connectivity index is 2.19. The zero-order valence-electron chi connectivity index (χ0n) is 9.14. The van der Waals surface area contributed by atoms with Crippen LogP contribution in [0.4, 0.5) is 0 Å². The van der Waals surface area contributed by atoms with Gasteiger partial charge in [0.05, 0.1) is 13.0 Å². The van der Waals surface area contributed by atoms with Gasteiger partial charge in [0.25, 0.3) is 0 Å². The summed E-state index contributed by atoms with van der Waals surface area (Å²) in [5, 5.41) is 12.3. The second-order valence-electron chi connectivity index (χ2n) is 3.94. The Morgan fingerprint density at radius 1 is 1.44 bits per heavy atom. The lowest BCUT2D eigenvalue weighted by Crippen LogP contribution is -2.23. The molecule has 0 amide bonds. The number of nitrogens with one attached hydrogen (secondary N) is 1. The van der Waals surface area contributed by atoms with Gasteiger partial charge in [-0.25, -0.2) is 0 Å². The van der Waals surface area contributed by atoms with E-state index in [-0.39, 0.29) is 12.0 Å². The number of hydrogen-bond acceptors (Lipinski definition) is 3. The maximum Gasteiger partial charge on any atom is 0.308 e. The van der Waals surface area contributed by atoms with Gasteiger partial charge in [-0.05, 0) is 30.7 Å². The van der Waals surface area contributed by atoms with Crippen LogP contribution in [0.15, 0.2) is 24.3 Å². The highest BCUT2D eigenvalue weighted by Gasteiger charge is 2.33. The molecule has 1 aliphatic rings. The fourth-order valence-corrected chi connectivity index (χ4v) is 2.13. The first-order valence-corrected chi connectivity index (χ1v) is 5.32. The van der Waals surface area contributed by atoms with Crippen LogP contribution in [0.3, 0.4) is 0 Å². The number of methoxy groups -OCH3 is 1. The molecule has 1 aromatic carbocycles. The molecule has 0 spiro atoms. The number of carbonyl (C=O) groups is 1. The number of aliphatic carboxylic acids is 1. The molecule has 16 heavy (non-hydrogen) atoms. The molecule has 2 rings (SSSR count). The Bertz CT molecular complexity index is 374. The van der Waals surface area contributed by atoms with Gasteiger partial charge in [0.2, 0.25) is 0 Å². The molecule has 0 radical (unpaired) electrons. The molecule has 0 aromatic heterocycles. The second kappa shape index (κ2) is 4.53. The van der Waals surface area contributed by atoms with Gasteiger partial charge in [0, 0.05) is 6.04 Å². The molecule has 0 bridgehead atoms. The summed E-state index contributed by atoms with van der Waals surface area (Å²) in [6.45, 7) is 0.758. The molecule has 86 valence electrons. The van der Waals surface area contributed by atoms with E-state index in [0.29, 0.717) is 6.42 Å². The summed E-state index contributed by atoms with van der Waals surface area (Å²) >= 11 is 0. The summed E-state index contributed by atoms with van der Waals surface area (Å²) in [4.78, 5) is 11.0. The van der Waals surface area contributed by atoms with Crippen LogP contribution in [0.1, 0.15) is 18.0 Å². The highest BCUT2D eigenvalue weighted by molar-refractivity contribution is 5.71. The van der Waals surface area contributed by atoms with E-state index in [9.17, 15) is 4.79 Å². The van der Waals surface area contributed by atoms with Gasteiger partial charge in [-0.1, -0.05) is 12.1 Å². The first kappa shape index (κ1) is 11.0. The third-order valence-corrected chi connectivity index (χ3v) is 3.01. The monoisotopic (exact) mass is 221 g/mol. The highest BCUT2D eigenvalue weighted by atomic mass is 16.5. The van der Waals surface area contributed by atoms with Crippen LogP contribution in [0.5, 0.6) is 5.75 Å². The minimum atomic E-state index is -0.731. The maximum atomic E-state index is 11.0. The van der Waals surface area contributed by atoms with Crippen molar-refractivity contribution in [1.82, 2.24) is 5.32 Å². The van der Waals surface area contributed by atoms with Crippen molar-refractivity contribution in [3.05, 3.63) is 29.8 Å². The van der Waals surface area contributed by atoms with E-state index in [2.05, 4.69) is 5.32 Å². The molecule has 0 saturated carbocycles. The summed E-state index contributed by atoms with van der Waals surface area (Å²) in [6, 6.07) is 7.46. The summed E-state index contributed by atoms with van der Waals surface area (Å²) in [5.74, 6) is -0.271. The van der Waals surface area contributed by atoms with Gasteiger partial charge >= 0.3 is 5.97 Å². The number of hydrogen-bond donors (Lipinski definition) is 2. The number of ether oxygens (including phenoxy) is 1. The van der Waals surface area contributed by atoms with Crippen molar-refractivity contribution in [2.45, 2.75) is 12.5 Å². The smallest absolute Gasteiger partial charge is 0.308 e. The van der Waals surface area contributed by atoms with E-state index in [1.54, 1.807) is 7.11 Å². The molecule has 1 aliphatic heterocycles. The molecular weight excluding hydrogens is 206 g/mol. The van der Waals surface area contributed by atoms with Gasteiger partial charge in [0.1, 0.15) is 5.75 Å². The zero-order valence-corrected chi connectivity index (χ0v) is 9.14. The minimum Gasteiger partial charge on any atom is -0.497 e. The fraction of sp³-hybridized carbons (Fsp3) is 0.417. The van der Waals surface area contributed by atoms with Crippen molar-refractivity contribution < 1.29 is 14.6 Å². The van der Waals surface area contributed by atoms with Crippen molar-refractivity contribution in [3.8, 4) is 5.75 Å². The maximum absolute atomic E-state index is 11.0. The van der Waals surface area contributed by atoms with E-state index in [4.69, 9.17) is 9.84 Å². The van der Waals surface area contributed by atoms with Crippen LogP contribution < -0.4 is 10.1 Å². The van der Waals surface area contributed by atoms with E-state index < -0.39 is 5.97 Å². The van der Waals surface area contributed by atoms with Gasteiger partial charge in [0.15, 0.2) is 0 Å². The summed E-state index contributed by atoms with van der Waals surface area (Å²) in [5.41, 5.74) is 1.01. The number of rotatable bonds is 3. The Hall–Kier alpha value is -1.55. The SMILES string of the molecule is COc1ccc(C2NCCC2C(=O)O)cc1. The normalized spacial score (nSPS) is 24.3. The summed E-state index contributed by atoms with van der Waals surface area (Å²) in [7, 11) is 1.61. The van der Waals surface area contributed by atoms with Gasteiger partial charge in [-0.2, -0.15) is 0 Å². The lowest BCUT2D eigenvalue weighted by atomic mass is 9.94. The van der Waals surface area contributed by atoms with Crippen LogP contribution >= 0.6 is 0 Å². The summed E-state index contributed by atoms with van der Waals surface area (Å²) < 4.78 is 5.07. The van der Waals surface area contributed by atoms with E-state index in [1.165, 1.54) is 0 Å². The molecule has 2 unspecified atom stereocenters. The molecule has 1 fully saturated rings. The van der Waals surface area contributed by atoms with Crippen molar-refractivity contribution in [2.75, 3.05) is 13.7 Å². The van der Waals surface area contributed by atoms with Crippen LogP contribution in [-0.4, -0.2) is 24.7 Å². The Morgan fingerprint density at radius 2 is 2.12 bits per heavy atom. The fourth-order valence-electron chi connectivity index (χ4n) is 2.13. The Labute approximate surface area is 94.2 Å². The van der Waals surface area contributed by atoms with Crippen molar-refractivity contribution in [1.29, 1.82) is 0 Å². The summed E-state index contributed by atoms with van der Waals surface area (Å²) in [6.07, 6.45) is 0.687. The predicted octanol–water partition coefficient (Wildman–Crippen LogP) is 1.43. The van der Waals surface area contributed by atoms with Crippen molar-refractivity contribution >= 4 is 5.97 Å². The molecule has 1 saturated heterocycles. The molecule has 1 heterocycles. The molecule has 4 heteroatoms. The third-order valence-electron chi connectivity index (χ3n) is 3.01. The minimum absolute atomic E-state index is 0.0802. The highest BCUT2D eigenvalue weighted by Crippen LogP contribution is 2.30. The van der Waals surface area contributed by atoms with Crippen molar-refractivity contribution in [3.63, 3.8) is 0 Å². The van der Waals surface area contributed by atoms with Crippen LogP contribution in [0, 0.1) is 5.92 Å². The second-order valence-corrected chi connectivity index (χ2v) is 3.94. The molecule has 2 atom stereocenters. The van der Waals surface area contributed by atoms with E-state index in [0.717, 1.165) is 17.9 Å². The van der Waals surface area contributed by atoms with E-state index >= 15 is 0 Å². The number of carboxylic acid groups (broad SMARTS) is 1. The van der Waals surface area contributed by atoms with E-state index in [1.807, 2.05) is 24.3 Å². The number of carboxylic acids is 1. The zero-order chi connectivity index (χ0) is 11.5. The molecule has 2 N–H and O–H groups in total. The topological polar surface area (TPSA) is 58.6 Å². The molecular formula is C12H15NO3. The van der Waals surface area contributed by atoms with Gasteiger partial charge < -0.3 is 15.2 Å². The molecule has 1 aromatic rings. The standard InChI is InChI=1S/C12H15NO3/c1-16-9-4-2-8(3-5-9)11-10(12(14)15)6-7-13-11/h2-5,10-11,13H,6-7H2,1H3,(H,14,15). The largest absolute Gasteiger partial charge is 0.497 e. The van der Waals surface area contributed by atoms with Crippen LogP contribution in [0.2, 0.25) is 0 Å². The number of benzene rings is 1. The van der Waals surface area contributed by atoms with Gasteiger partial charge in [-0.15, -0.1) is 0 Å². The third kappa shape index (κ3) is 2.02. The van der Waals surface area contributed by atoms with Crippen LogP contribution in [0.25, 0.3) is 0 Å². The lowest BCUT2D eigenvalue weighted by molar-refractivity contribution is -0.142. The molecule has 0 aliphatic carbocycles. The average molecular weight is 221 g/mol. The van der Waals surface area contributed by atoms with Gasteiger partial charge in [-0.3, -0.25) is 4.79 Å².